The highest BCUT2D eigenvalue weighted by atomic mass is 32.2. The van der Waals surface area contributed by atoms with Gasteiger partial charge in [-0.25, -0.2) is 8.70 Å². The summed E-state index contributed by atoms with van der Waals surface area (Å²) in [5, 5.41) is 2.80. The first kappa shape index (κ1) is 27.3. The molecular weight excluding hydrogens is 459 g/mol. The minimum Gasteiger partial charge on any atom is -0.352 e. The number of rotatable bonds is 10. The topological polar surface area (TPSA) is 90.0 Å². The van der Waals surface area contributed by atoms with Crippen molar-refractivity contribution >= 4 is 27.7 Å². The van der Waals surface area contributed by atoms with E-state index < -0.39 is 34.5 Å². The molecule has 186 valence electrons. The highest BCUT2D eigenvalue weighted by molar-refractivity contribution is 7.90. The van der Waals surface area contributed by atoms with E-state index in [9.17, 15) is 22.4 Å². The van der Waals surface area contributed by atoms with Gasteiger partial charge in [0.1, 0.15) is 18.4 Å². The number of carbonyl (C=O) groups excluding carboxylic acids is 2. The molecule has 1 N–H and O–H groups in total. The van der Waals surface area contributed by atoms with Crippen LogP contribution >= 0.6 is 0 Å². The van der Waals surface area contributed by atoms with Gasteiger partial charge in [0.05, 0.1) is 5.69 Å². The second kappa shape index (κ2) is 11.4. The zero-order valence-corrected chi connectivity index (χ0v) is 21.3. The lowest BCUT2D eigenvalue weighted by Crippen LogP contribution is -2.53. The lowest BCUT2D eigenvalue weighted by atomic mass is 10.1. The second-order valence-corrected chi connectivity index (χ2v) is 10.7. The van der Waals surface area contributed by atoms with Crippen LogP contribution in [-0.4, -0.2) is 62.2 Å². The highest BCUT2D eigenvalue weighted by Gasteiger charge is 2.32. The molecule has 2 amide bonds. The van der Waals surface area contributed by atoms with E-state index in [0.717, 1.165) is 31.9 Å². The summed E-state index contributed by atoms with van der Waals surface area (Å²) >= 11 is 0. The van der Waals surface area contributed by atoms with Crippen molar-refractivity contribution in [1.82, 2.24) is 14.5 Å². The fourth-order valence-corrected chi connectivity index (χ4v) is 4.38. The number of halogens is 1. The average molecular weight is 493 g/mol. The maximum atomic E-state index is 13.5. The van der Waals surface area contributed by atoms with Gasteiger partial charge in [0.15, 0.2) is 0 Å². The SMILES string of the molecule is Cc1cccc(CN(C(=O)CN(c2ccc(F)cc2)S(=O)(=O)N(C)C)[C@H](C)C(=O)NC(C)C)c1. The Hall–Kier alpha value is -2.98. The van der Waals surface area contributed by atoms with Gasteiger partial charge in [0, 0.05) is 26.7 Å². The van der Waals surface area contributed by atoms with Crippen molar-refractivity contribution in [2.75, 3.05) is 24.9 Å². The zero-order valence-electron chi connectivity index (χ0n) is 20.4. The molecular formula is C24H33FN4O4S. The molecule has 1 atom stereocenters. The Morgan fingerprint density at radius 1 is 1.03 bits per heavy atom. The number of nitrogens with zero attached hydrogens (tertiary/aromatic N) is 3. The molecule has 0 aliphatic heterocycles. The van der Waals surface area contributed by atoms with E-state index in [1.807, 2.05) is 45.0 Å². The van der Waals surface area contributed by atoms with Crippen molar-refractivity contribution in [2.45, 2.75) is 46.3 Å². The number of anilines is 1. The van der Waals surface area contributed by atoms with Crippen LogP contribution in [0.15, 0.2) is 48.5 Å². The first-order chi connectivity index (χ1) is 15.8. The van der Waals surface area contributed by atoms with Crippen LogP contribution in [0.3, 0.4) is 0 Å². The number of amides is 2. The maximum absolute atomic E-state index is 13.5. The average Bonchev–Trinajstić information content (AvgIpc) is 2.75. The molecule has 0 spiro atoms. The molecule has 0 unspecified atom stereocenters. The number of nitrogens with one attached hydrogen (secondary N) is 1. The molecule has 0 aliphatic rings. The Labute approximate surface area is 201 Å². The molecule has 0 bridgehead atoms. The van der Waals surface area contributed by atoms with E-state index in [-0.39, 0.29) is 24.2 Å². The van der Waals surface area contributed by atoms with Gasteiger partial charge in [0.2, 0.25) is 11.8 Å². The highest BCUT2D eigenvalue weighted by Crippen LogP contribution is 2.21. The predicted molar refractivity (Wildman–Crippen MR) is 131 cm³/mol. The minimum absolute atomic E-state index is 0.118. The molecule has 34 heavy (non-hydrogen) atoms. The summed E-state index contributed by atoms with van der Waals surface area (Å²) in [6.07, 6.45) is 0. The van der Waals surface area contributed by atoms with E-state index in [0.29, 0.717) is 0 Å². The van der Waals surface area contributed by atoms with E-state index >= 15 is 0 Å². The maximum Gasteiger partial charge on any atom is 0.304 e. The summed E-state index contributed by atoms with van der Waals surface area (Å²) in [6.45, 7) is 6.72. The monoisotopic (exact) mass is 492 g/mol. The molecule has 0 saturated carbocycles. The molecule has 2 aromatic rings. The number of hydrogen-bond donors (Lipinski definition) is 1. The van der Waals surface area contributed by atoms with Crippen LogP contribution in [0.2, 0.25) is 0 Å². The lowest BCUT2D eigenvalue weighted by molar-refractivity contribution is -0.139. The summed E-state index contributed by atoms with van der Waals surface area (Å²) < 4.78 is 41.4. The number of carbonyl (C=O) groups is 2. The summed E-state index contributed by atoms with van der Waals surface area (Å²) in [5.41, 5.74) is 1.94. The van der Waals surface area contributed by atoms with Crippen LogP contribution in [-0.2, 0) is 26.3 Å². The van der Waals surface area contributed by atoms with Crippen LogP contribution in [0.1, 0.15) is 31.9 Å². The quantitative estimate of drug-likeness (QED) is 0.552. The smallest absolute Gasteiger partial charge is 0.304 e. The van der Waals surface area contributed by atoms with Gasteiger partial charge in [-0.2, -0.15) is 12.7 Å². The van der Waals surface area contributed by atoms with Crippen molar-refractivity contribution < 1.29 is 22.4 Å². The molecule has 2 aromatic carbocycles. The van der Waals surface area contributed by atoms with Crippen molar-refractivity contribution in [1.29, 1.82) is 0 Å². The third kappa shape index (κ3) is 7.01. The van der Waals surface area contributed by atoms with Crippen LogP contribution in [0.4, 0.5) is 10.1 Å². The van der Waals surface area contributed by atoms with Gasteiger partial charge in [-0.15, -0.1) is 0 Å². The van der Waals surface area contributed by atoms with Crippen LogP contribution in [0, 0.1) is 12.7 Å². The Balaban J connectivity index is 2.45. The molecule has 0 fully saturated rings. The Morgan fingerprint density at radius 2 is 1.65 bits per heavy atom. The van der Waals surface area contributed by atoms with Crippen LogP contribution < -0.4 is 9.62 Å². The molecule has 10 heteroatoms. The first-order valence-electron chi connectivity index (χ1n) is 10.9. The first-order valence-corrected chi connectivity index (χ1v) is 12.3. The van der Waals surface area contributed by atoms with E-state index in [4.69, 9.17) is 0 Å². The number of hydrogen-bond acceptors (Lipinski definition) is 4. The standard InChI is InChI=1S/C24H33FN4O4S/c1-17(2)26-24(31)19(4)28(15-20-9-7-8-18(3)14-20)23(30)16-29(34(32,33)27(5)6)22-12-10-21(25)11-13-22/h7-14,17,19H,15-16H2,1-6H3,(H,26,31)/t19-/m1/s1. The molecule has 0 aromatic heterocycles. The van der Waals surface area contributed by atoms with Gasteiger partial charge in [0.25, 0.3) is 0 Å². The van der Waals surface area contributed by atoms with Crippen LogP contribution in [0.25, 0.3) is 0 Å². The van der Waals surface area contributed by atoms with Gasteiger partial charge in [-0.1, -0.05) is 29.8 Å². The predicted octanol–water partition coefficient (Wildman–Crippen LogP) is 2.69. The Morgan fingerprint density at radius 3 is 2.18 bits per heavy atom. The third-order valence-electron chi connectivity index (χ3n) is 5.17. The fraction of sp³-hybridized carbons (Fsp3) is 0.417. The third-order valence-corrected chi connectivity index (χ3v) is 6.99. The number of aryl methyl sites for hydroxylation is 1. The van der Waals surface area contributed by atoms with Crippen molar-refractivity contribution in [3.8, 4) is 0 Å². The normalized spacial score (nSPS) is 12.5. The summed E-state index contributed by atoms with van der Waals surface area (Å²) in [4.78, 5) is 27.7. The molecule has 0 radical (unpaired) electrons. The van der Waals surface area contributed by atoms with Gasteiger partial charge < -0.3 is 10.2 Å². The molecule has 2 rings (SSSR count). The fourth-order valence-electron chi connectivity index (χ4n) is 3.32. The van der Waals surface area contributed by atoms with Gasteiger partial charge in [-0.05, 0) is 57.5 Å². The van der Waals surface area contributed by atoms with Crippen LogP contribution in [0.5, 0.6) is 0 Å². The lowest BCUT2D eigenvalue weighted by Gasteiger charge is -2.33. The molecule has 8 nitrogen and oxygen atoms in total. The van der Waals surface area contributed by atoms with E-state index in [1.165, 1.54) is 31.1 Å². The summed E-state index contributed by atoms with van der Waals surface area (Å²) in [5.74, 6) is -1.44. The van der Waals surface area contributed by atoms with Gasteiger partial charge in [-0.3, -0.25) is 9.59 Å². The Bertz CT molecular complexity index is 1100. The minimum atomic E-state index is -4.08. The molecule has 0 heterocycles. The van der Waals surface area contributed by atoms with Crippen molar-refractivity contribution in [3.63, 3.8) is 0 Å². The second-order valence-electron chi connectivity index (χ2n) is 8.62. The van der Waals surface area contributed by atoms with E-state index in [1.54, 1.807) is 6.92 Å². The molecule has 0 aliphatic carbocycles. The zero-order chi connectivity index (χ0) is 25.6. The summed E-state index contributed by atoms with van der Waals surface area (Å²) in [6, 6.07) is 11.4. The van der Waals surface area contributed by atoms with Gasteiger partial charge >= 0.3 is 10.2 Å². The summed E-state index contributed by atoms with van der Waals surface area (Å²) in [7, 11) is -1.39. The van der Waals surface area contributed by atoms with Crippen molar-refractivity contribution in [3.05, 3.63) is 65.5 Å². The van der Waals surface area contributed by atoms with E-state index in [2.05, 4.69) is 5.32 Å². The largest absolute Gasteiger partial charge is 0.352 e. The van der Waals surface area contributed by atoms with Crippen molar-refractivity contribution in [2.24, 2.45) is 0 Å². The number of benzene rings is 2. The molecule has 0 saturated heterocycles. The Kier molecular flexibility index (Phi) is 9.17.